The van der Waals surface area contributed by atoms with Crippen LogP contribution in [0.1, 0.15) is 43.1 Å². The fourth-order valence-electron chi connectivity index (χ4n) is 2.50. The number of rotatable bonds is 8. The Balaban J connectivity index is 2.11. The van der Waals surface area contributed by atoms with Gasteiger partial charge in [-0.3, -0.25) is 4.79 Å². The Kier molecular flexibility index (Phi) is 7.32. The van der Waals surface area contributed by atoms with Crippen LogP contribution < -0.4 is 10.6 Å². The average molecular weight is 438 g/mol. The molecule has 0 aliphatic rings. The van der Waals surface area contributed by atoms with Gasteiger partial charge < -0.3 is 10.6 Å². The molecule has 0 unspecified atom stereocenters. The van der Waals surface area contributed by atoms with E-state index in [1.807, 2.05) is 26.8 Å². The van der Waals surface area contributed by atoms with Crippen LogP contribution in [0, 0.1) is 0 Å². The summed E-state index contributed by atoms with van der Waals surface area (Å²) in [5.41, 5.74) is 1.66. The van der Waals surface area contributed by atoms with Crippen LogP contribution in [0.4, 0.5) is 5.69 Å². The van der Waals surface area contributed by atoms with E-state index in [1.54, 1.807) is 36.4 Å². The van der Waals surface area contributed by atoms with Crippen molar-refractivity contribution in [2.75, 3.05) is 19.4 Å². The number of anilines is 1. The van der Waals surface area contributed by atoms with Crippen molar-refractivity contribution in [1.82, 2.24) is 9.62 Å². The third-order valence-corrected chi connectivity index (χ3v) is 6.85. The smallest absolute Gasteiger partial charge is 0.253 e. The lowest BCUT2D eigenvalue weighted by Gasteiger charge is -2.24. The van der Waals surface area contributed by atoms with Gasteiger partial charge in [-0.25, -0.2) is 12.7 Å². The van der Waals surface area contributed by atoms with Crippen molar-refractivity contribution in [3.05, 3.63) is 58.6 Å². The highest BCUT2D eigenvalue weighted by Crippen LogP contribution is 2.23. The number of carbonyl (C=O) groups is 1. The topological polar surface area (TPSA) is 78.5 Å². The number of nitrogens with zero attached hydrogens (tertiary/aromatic N) is 1. The van der Waals surface area contributed by atoms with Gasteiger partial charge in [0.15, 0.2) is 0 Å². The van der Waals surface area contributed by atoms with Gasteiger partial charge >= 0.3 is 0 Å². The Labute approximate surface area is 178 Å². The molecule has 0 heterocycles. The summed E-state index contributed by atoms with van der Waals surface area (Å²) >= 11 is 6.31. The molecule has 8 heteroatoms. The molecule has 0 bridgehead atoms. The molecule has 0 radical (unpaired) electrons. The number of hydrogen-bond donors (Lipinski definition) is 2. The third-order valence-electron chi connectivity index (χ3n) is 4.72. The molecule has 0 aliphatic heterocycles. The van der Waals surface area contributed by atoms with Crippen LogP contribution in [0.15, 0.2) is 47.4 Å². The summed E-state index contributed by atoms with van der Waals surface area (Å²) in [6, 6.07) is 11.9. The molecule has 29 heavy (non-hydrogen) atoms. The highest BCUT2D eigenvalue weighted by molar-refractivity contribution is 7.89. The van der Waals surface area contributed by atoms with Crippen LogP contribution in [-0.2, 0) is 16.6 Å². The van der Waals surface area contributed by atoms with E-state index >= 15 is 0 Å². The van der Waals surface area contributed by atoms with Gasteiger partial charge in [-0.2, -0.15) is 0 Å². The molecule has 0 saturated carbocycles. The van der Waals surface area contributed by atoms with Crippen LogP contribution >= 0.6 is 11.6 Å². The lowest BCUT2D eigenvalue weighted by atomic mass is 10.0. The molecular formula is C21H28ClN3O3S. The number of carbonyl (C=O) groups excluding carboxylic acids is 1. The van der Waals surface area contributed by atoms with Crippen molar-refractivity contribution < 1.29 is 13.2 Å². The van der Waals surface area contributed by atoms with Crippen molar-refractivity contribution in [3.8, 4) is 0 Å². The molecule has 2 rings (SSSR count). The van der Waals surface area contributed by atoms with Gasteiger partial charge in [0.1, 0.15) is 0 Å². The lowest BCUT2D eigenvalue weighted by Crippen LogP contribution is -2.42. The predicted octanol–water partition coefficient (Wildman–Crippen LogP) is 4.12. The number of sulfonamides is 1. The van der Waals surface area contributed by atoms with Gasteiger partial charge in [0, 0.05) is 31.9 Å². The van der Waals surface area contributed by atoms with E-state index in [1.165, 1.54) is 18.4 Å². The maximum atomic E-state index is 12.4. The van der Waals surface area contributed by atoms with Crippen LogP contribution in [0.2, 0.25) is 5.02 Å². The summed E-state index contributed by atoms with van der Waals surface area (Å²) in [5.74, 6) is -0.213. The minimum atomic E-state index is -3.48. The molecule has 0 aromatic heterocycles. The van der Waals surface area contributed by atoms with Gasteiger partial charge in [0.2, 0.25) is 10.0 Å². The minimum absolute atomic E-state index is 0.213. The second kappa shape index (κ2) is 9.15. The van der Waals surface area contributed by atoms with Gasteiger partial charge in [-0.15, -0.1) is 0 Å². The third kappa shape index (κ3) is 5.95. The zero-order chi connectivity index (χ0) is 21.8. The van der Waals surface area contributed by atoms with Gasteiger partial charge in [-0.1, -0.05) is 30.7 Å². The maximum absolute atomic E-state index is 12.4. The van der Waals surface area contributed by atoms with Gasteiger partial charge in [0.05, 0.1) is 15.5 Å². The quantitative estimate of drug-likeness (QED) is 0.651. The predicted molar refractivity (Wildman–Crippen MR) is 118 cm³/mol. The Morgan fingerprint density at radius 2 is 1.83 bits per heavy atom. The summed E-state index contributed by atoms with van der Waals surface area (Å²) in [6.45, 7) is 6.34. The first kappa shape index (κ1) is 23.2. The highest BCUT2D eigenvalue weighted by Gasteiger charge is 2.20. The molecule has 2 aromatic carbocycles. The Morgan fingerprint density at radius 3 is 2.41 bits per heavy atom. The van der Waals surface area contributed by atoms with E-state index in [0.717, 1.165) is 17.7 Å². The van der Waals surface area contributed by atoms with Crippen LogP contribution in [0.5, 0.6) is 0 Å². The zero-order valence-electron chi connectivity index (χ0n) is 17.4. The molecule has 0 fully saturated rings. The van der Waals surface area contributed by atoms with Crippen molar-refractivity contribution in [2.24, 2.45) is 0 Å². The first-order valence-electron chi connectivity index (χ1n) is 9.33. The maximum Gasteiger partial charge on any atom is 0.253 e. The molecule has 0 atom stereocenters. The number of amides is 1. The number of benzene rings is 2. The van der Waals surface area contributed by atoms with Gasteiger partial charge in [-0.05, 0) is 56.2 Å². The van der Waals surface area contributed by atoms with E-state index < -0.39 is 10.0 Å². The van der Waals surface area contributed by atoms with Crippen LogP contribution in [-0.4, -0.2) is 38.3 Å². The molecule has 6 nitrogen and oxygen atoms in total. The molecule has 0 spiro atoms. The first-order chi connectivity index (χ1) is 13.5. The summed E-state index contributed by atoms with van der Waals surface area (Å²) in [6.07, 6.45) is 0.804. The molecule has 1 amide bonds. The van der Waals surface area contributed by atoms with Crippen molar-refractivity contribution in [1.29, 1.82) is 0 Å². The van der Waals surface area contributed by atoms with E-state index in [-0.39, 0.29) is 16.3 Å². The van der Waals surface area contributed by atoms with Gasteiger partial charge in [0.25, 0.3) is 5.91 Å². The highest BCUT2D eigenvalue weighted by atomic mass is 35.5. The molecule has 158 valence electrons. The second-order valence-corrected chi connectivity index (χ2v) is 10.2. The summed E-state index contributed by atoms with van der Waals surface area (Å²) in [5, 5.41) is 6.53. The first-order valence-corrected chi connectivity index (χ1v) is 11.2. The fraction of sp³-hybridized carbons (Fsp3) is 0.381. The van der Waals surface area contributed by atoms with E-state index in [9.17, 15) is 13.2 Å². The number of hydrogen-bond acceptors (Lipinski definition) is 4. The Morgan fingerprint density at radius 1 is 1.14 bits per heavy atom. The van der Waals surface area contributed by atoms with Crippen LogP contribution in [0.3, 0.4) is 0 Å². The zero-order valence-corrected chi connectivity index (χ0v) is 19.0. The lowest BCUT2D eigenvalue weighted by molar-refractivity contribution is 0.0911. The Hall–Kier alpha value is -2.09. The normalized spacial score (nSPS) is 12.1. The Bertz CT molecular complexity index is 988. The molecular weight excluding hydrogens is 410 g/mol. The molecule has 0 saturated heterocycles. The second-order valence-electron chi connectivity index (χ2n) is 7.67. The summed E-state index contributed by atoms with van der Waals surface area (Å²) < 4.78 is 25.7. The van der Waals surface area contributed by atoms with Crippen molar-refractivity contribution in [2.45, 2.75) is 44.2 Å². The van der Waals surface area contributed by atoms with E-state index in [4.69, 9.17) is 11.6 Å². The SMILES string of the molecule is CCC(C)(C)NC(=O)c1ccc(NCc2cccc(S(=O)(=O)N(C)C)c2)cc1Cl. The van der Waals surface area contributed by atoms with E-state index in [2.05, 4.69) is 10.6 Å². The largest absolute Gasteiger partial charge is 0.381 e. The van der Waals surface area contributed by atoms with Crippen LogP contribution in [0.25, 0.3) is 0 Å². The van der Waals surface area contributed by atoms with Crippen molar-refractivity contribution in [3.63, 3.8) is 0 Å². The fourth-order valence-corrected chi connectivity index (χ4v) is 3.74. The number of halogens is 1. The standard InChI is InChI=1S/C21H28ClN3O3S/c1-6-21(2,3)24-20(26)18-11-10-16(13-19(18)22)23-14-15-8-7-9-17(12-15)29(27,28)25(4)5/h7-13,23H,6,14H2,1-5H3,(H,24,26). The minimum Gasteiger partial charge on any atom is -0.381 e. The summed E-state index contributed by atoms with van der Waals surface area (Å²) in [4.78, 5) is 12.7. The van der Waals surface area contributed by atoms with Crippen molar-refractivity contribution >= 4 is 33.2 Å². The summed E-state index contributed by atoms with van der Waals surface area (Å²) in [7, 11) is -0.478. The number of nitrogens with one attached hydrogen (secondary N) is 2. The molecule has 2 N–H and O–H groups in total. The average Bonchev–Trinajstić information content (AvgIpc) is 2.66. The monoisotopic (exact) mass is 437 g/mol. The van der Waals surface area contributed by atoms with E-state index in [0.29, 0.717) is 17.1 Å². The molecule has 2 aromatic rings. The molecule has 0 aliphatic carbocycles.